The quantitative estimate of drug-likeness (QED) is 0.582. The van der Waals surface area contributed by atoms with Crippen LogP contribution in [0.25, 0.3) is 11.4 Å². The highest BCUT2D eigenvalue weighted by Gasteiger charge is 2.34. The van der Waals surface area contributed by atoms with Crippen LogP contribution in [0.4, 0.5) is 23.9 Å². The Hall–Kier alpha value is -4.03. The molecular weight excluding hydrogens is 451 g/mol. The summed E-state index contributed by atoms with van der Waals surface area (Å²) in [5, 5.41) is 13.4. The molecule has 1 fully saturated rings. The molecule has 2 aliphatic rings. The van der Waals surface area contributed by atoms with Gasteiger partial charge in [-0.1, -0.05) is 0 Å². The Labute approximate surface area is 192 Å². The molecule has 34 heavy (non-hydrogen) atoms. The lowest BCUT2D eigenvalue weighted by Crippen LogP contribution is -2.52. The minimum Gasteiger partial charge on any atom is -0.337 e. The Balaban J connectivity index is 1.27. The zero-order valence-corrected chi connectivity index (χ0v) is 18.1. The Morgan fingerprint density at radius 3 is 2.44 bits per heavy atom. The van der Waals surface area contributed by atoms with E-state index in [2.05, 4.69) is 25.3 Å². The fourth-order valence-electron chi connectivity index (χ4n) is 4.03. The summed E-state index contributed by atoms with van der Waals surface area (Å²) >= 11 is 0. The Kier molecular flexibility index (Phi) is 5.59. The van der Waals surface area contributed by atoms with Gasteiger partial charge < -0.3 is 9.80 Å². The molecule has 0 aliphatic carbocycles. The van der Waals surface area contributed by atoms with Crippen molar-refractivity contribution in [3.8, 4) is 11.4 Å². The van der Waals surface area contributed by atoms with Crippen LogP contribution in [0.5, 0.6) is 0 Å². The summed E-state index contributed by atoms with van der Waals surface area (Å²) in [4.78, 5) is 26.3. The number of amides is 2. The van der Waals surface area contributed by atoms with Crippen molar-refractivity contribution in [2.75, 3.05) is 31.1 Å². The van der Waals surface area contributed by atoms with Gasteiger partial charge in [0.2, 0.25) is 5.95 Å². The summed E-state index contributed by atoms with van der Waals surface area (Å²) in [6.45, 7) is 1.51. The van der Waals surface area contributed by atoms with E-state index in [0.717, 1.165) is 12.3 Å². The first-order valence-electron chi connectivity index (χ1n) is 10.6. The molecule has 176 valence electrons. The number of hydrazone groups is 1. The van der Waals surface area contributed by atoms with E-state index in [4.69, 9.17) is 0 Å². The molecule has 0 N–H and O–H groups in total. The second kappa shape index (κ2) is 8.72. The van der Waals surface area contributed by atoms with E-state index in [9.17, 15) is 18.0 Å². The highest BCUT2D eigenvalue weighted by atomic mass is 19.1. The predicted molar refractivity (Wildman–Crippen MR) is 115 cm³/mol. The fraction of sp³-hybridized carbons (Fsp3) is 0.333. The average molecular weight is 471 g/mol. The van der Waals surface area contributed by atoms with Gasteiger partial charge in [0.15, 0.2) is 5.82 Å². The van der Waals surface area contributed by atoms with Crippen LogP contribution in [-0.2, 0) is 7.05 Å². The smallest absolute Gasteiger partial charge is 0.337 e. The van der Waals surface area contributed by atoms with Crippen LogP contribution < -0.4 is 4.90 Å². The van der Waals surface area contributed by atoms with Crippen molar-refractivity contribution < 1.29 is 18.0 Å². The number of aryl methyl sites for hydroxylation is 1. The summed E-state index contributed by atoms with van der Waals surface area (Å²) in [6.07, 6.45) is 4.43. The predicted octanol–water partition coefficient (Wildman–Crippen LogP) is 2.36. The van der Waals surface area contributed by atoms with Crippen LogP contribution >= 0.6 is 0 Å². The molecule has 13 heteroatoms. The molecule has 0 spiro atoms. The number of anilines is 1. The highest BCUT2D eigenvalue weighted by molar-refractivity contribution is 5.78. The van der Waals surface area contributed by atoms with Crippen molar-refractivity contribution >= 4 is 18.2 Å². The molecule has 1 unspecified atom stereocenters. The maximum Gasteiger partial charge on any atom is 0.341 e. The Morgan fingerprint density at radius 2 is 1.76 bits per heavy atom. The van der Waals surface area contributed by atoms with Gasteiger partial charge in [0.25, 0.3) is 0 Å². The van der Waals surface area contributed by atoms with E-state index in [0.29, 0.717) is 49.8 Å². The first kappa shape index (κ1) is 21.8. The SMILES string of the molecule is Cn1ncc(-c2nc(N3CCN(C(=O)N4N=CCC4c4cc(F)cc(F)c4)CC3)ncc2F)n1. The highest BCUT2D eigenvalue weighted by Crippen LogP contribution is 2.30. The van der Waals surface area contributed by atoms with Crippen LogP contribution in [0.3, 0.4) is 0 Å². The summed E-state index contributed by atoms with van der Waals surface area (Å²) in [6, 6.07) is 2.27. The molecule has 4 heterocycles. The third kappa shape index (κ3) is 4.16. The number of urea groups is 1. The van der Waals surface area contributed by atoms with Crippen molar-refractivity contribution in [3.05, 3.63) is 53.6 Å². The molecule has 2 aliphatic heterocycles. The number of carbonyl (C=O) groups excluding carboxylic acids is 1. The Bertz CT molecular complexity index is 1240. The number of nitrogens with zero attached hydrogens (tertiary/aromatic N) is 9. The number of halogens is 3. The van der Waals surface area contributed by atoms with Gasteiger partial charge in [-0.3, -0.25) is 0 Å². The fourth-order valence-corrected chi connectivity index (χ4v) is 4.03. The summed E-state index contributed by atoms with van der Waals surface area (Å²) in [5.41, 5.74) is 0.690. The second-order valence-electron chi connectivity index (χ2n) is 7.94. The monoisotopic (exact) mass is 471 g/mol. The maximum atomic E-state index is 14.3. The van der Waals surface area contributed by atoms with Gasteiger partial charge in [0.1, 0.15) is 23.0 Å². The third-order valence-corrected chi connectivity index (χ3v) is 5.70. The number of benzene rings is 1. The minimum atomic E-state index is -0.705. The molecule has 1 aromatic carbocycles. The van der Waals surface area contributed by atoms with Crippen LogP contribution in [0.1, 0.15) is 18.0 Å². The van der Waals surface area contributed by atoms with E-state index >= 15 is 0 Å². The van der Waals surface area contributed by atoms with E-state index in [1.54, 1.807) is 18.2 Å². The number of aromatic nitrogens is 5. The van der Waals surface area contributed by atoms with Crippen molar-refractivity contribution in [2.45, 2.75) is 12.5 Å². The number of hydrogen-bond acceptors (Lipinski definition) is 7. The second-order valence-corrected chi connectivity index (χ2v) is 7.94. The Morgan fingerprint density at radius 1 is 1.03 bits per heavy atom. The molecular formula is C21H20F3N9O. The standard InChI is InChI=1S/C21H20F3N9O/c1-30-27-12-17(29-30)19-16(24)11-25-20(28-19)31-4-6-32(7-5-31)21(34)33-18(2-3-26-33)13-8-14(22)10-15(23)9-13/h3,8-12,18H,2,4-7H2,1H3. The molecule has 5 rings (SSSR count). The lowest BCUT2D eigenvalue weighted by molar-refractivity contribution is 0.139. The topological polar surface area (TPSA) is 95.6 Å². The third-order valence-electron chi connectivity index (χ3n) is 5.70. The van der Waals surface area contributed by atoms with Crippen molar-refractivity contribution in [1.29, 1.82) is 0 Å². The summed E-state index contributed by atoms with van der Waals surface area (Å²) in [5.74, 6) is -1.70. The molecule has 2 amide bonds. The van der Waals surface area contributed by atoms with E-state index in [1.165, 1.54) is 28.1 Å². The molecule has 0 bridgehead atoms. The molecule has 0 radical (unpaired) electrons. The zero-order valence-electron chi connectivity index (χ0n) is 18.1. The number of rotatable bonds is 3. The van der Waals surface area contributed by atoms with Gasteiger partial charge in [0.05, 0.1) is 18.4 Å². The largest absolute Gasteiger partial charge is 0.341 e. The first-order chi connectivity index (χ1) is 16.4. The van der Waals surface area contributed by atoms with Gasteiger partial charge in [-0.05, 0) is 17.7 Å². The number of piperazine rings is 1. The van der Waals surface area contributed by atoms with Crippen molar-refractivity contribution in [1.82, 2.24) is 34.9 Å². The number of carbonyl (C=O) groups is 1. The normalized spacial score (nSPS) is 18.1. The molecule has 1 saturated heterocycles. The number of hydrogen-bond donors (Lipinski definition) is 0. The summed E-state index contributed by atoms with van der Waals surface area (Å²) < 4.78 is 41.6. The van der Waals surface area contributed by atoms with Crippen LogP contribution in [0.15, 0.2) is 35.7 Å². The van der Waals surface area contributed by atoms with Crippen molar-refractivity contribution in [2.24, 2.45) is 12.1 Å². The molecule has 2 aromatic heterocycles. The van der Waals surface area contributed by atoms with Gasteiger partial charge in [-0.25, -0.2) is 32.9 Å². The van der Waals surface area contributed by atoms with E-state index in [-0.39, 0.29) is 11.7 Å². The van der Waals surface area contributed by atoms with Gasteiger partial charge >= 0.3 is 6.03 Å². The lowest BCUT2D eigenvalue weighted by Gasteiger charge is -2.37. The van der Waals surface area contributed by atoms with E-state index in [1.807, 2.05) is 4.90 Å². The molecule has 3 aromatic rings. The van der Waals surface area contributed by atoms with Gasteiger partial charge in [-0.15, -0.1) is 0 Å². The summed E-state index contributed by atoms with van der Waals surface area (Å²) in [7, 11) is 1.62. The van der Waals surface area contributed by atoms with Gasteiger partial charge in [-0.2, -0.15) is 20.1 Å². The van der Waals surface area contributed by atoms with Crippen molar-refractivity contribution in [3.63, 3.8) is 0 Å². The average Bonchev–Trinajstić information content (AvgIpc) is 3.48. The van der Waals surface area contributed by atoms with E-state index < -0.39 is 23.5 Å². The lowest BCUT2D eigenvalue weighted by atomic mass is 10.0. The van der Waals surface area contributed by atoms with Crippen LogP contribution in [0, 0.1) is 17.5 Å². The molecule has 10 nitrogen and oxygen atoms in total. The zero-order chi connectivity index (χ0) is 23.8. The molecule has 0 saturated carbocycles. The maximum absolute atomic E-state index is 14.3. The minimum absolute atomic E-state index is 0.0492. The molecule has 1 atom stereocenters. The van der Waals surface area contributed by atoms with Crippen LogP contribution in [-0.4, -0.2) is 73.3 Å². The first-order valence-corrected chi connectivity index (χ1v) is 10.6. The van der Waals surface area contributed by atoms with Gasteiger partial charge in [0, 0.05) is 51.9 Å². The van der Waals surface area contributed by atoms with Crippen LogP contribution in [0.2, 0.25) is 0 Å².